The van der Waals surface area contributed by atoms with E-state index in [2.05, 4.69) is 0 Å². The van der Waals surface area contributed by atoms with Gasteiger partial charge in [0.25, 0.3) is 0 Å². The van der Waals surface area contributed by atoms with Gasteiger partial charge in [0.05, 0.1) is 13.5 Å². The summed E-state index contributed by atoms with van der Waals surface area (Å²) in [5, 5.41) is 0. The summed E-state index contributed by atoms with van der Waals surface area (Å²) in [5.74, 6) is -0.390. The average Bonchev–Trinajstić information content (AvgIpc) is 2.57. The first-order valence-corrected chi connectivity index (χ1v) is 7.47. The van der Waals surface area contributed by atoms with Crippen molar-refractivity contribution >= 4 is 17.5 Å². The van der Waals surface area contributed by atoms with Gasteiger partial charge < -0.3 is 15.4 Å². The van der Waals surface area contributed by atoms with E-state index < -0.39 is 11.7 Å². The lowest BCUT2D eigenvalue weighted by Crippen LogP contribution is -2.35. The van der Waals surface area contributed by atoms with Crippen LogP contribution in [0.5, 0.6) is 5.75 Å². The Hall–Kier alpha value is -2.89. The van der Waals surface area contributed by atoms with Crippen LogP contribution in [0.4, 0.5) is 10.1 Å². The second-order valence-electron chi connectivity index (χ2n) is 5.26. The van der Waals surface area contributed by atoms with Crippen LogP contribution in [0.3, 0.4) is 0 Å². The zero-order valence-electron chi connectivity index (χ0n) is 13.4. The molecular weight excluding hydrogens is 311 g/mol. The number of hydrogen-bond donors (Lipinski definition) is 1. The monoisotopic (exact) mass is 330 g/mol. The molecule has 0 spiro atoms. The number of rotatable bonds is 7. The molecule has 0 aliphatic rings. The molecule has 0 radical (unpaired) electrons. The Morgan fingerprint density at radius 3 is 2.25 bits per heavy atom. The van der Waals surface area contributed by atoms with Crippen LogP contribution in [-0.4, -0.2) is 25.5 Å². The lowest BCUT2D eigenvalue weighted by atomic mass is 10.1. The predicted molar refractivity (Wildman–Crippen MR) is 89.3 cm³/mol. The molecule has 126 valence electrons. The van der Waals surface area contributed by atoms with Crippen molar-refractivity contribution in [2.45, 2.75) is 12.8 Å². The van der Waals surface area contributed by atoms with Gasteiger partial charge in [0.15, 0.2) is 0 Å². The minimum atomic E-state index is -0.501. The zero-order valence-corrected chi connectivity index (χ0v) is 13.4. The molecule has 2 aromatic carbocycles. The average molecular weight is 330 g/mol. The van der Waals surface area contributed by atoms with Gasteiger partial charge in [-0.2, -0.15) is 0 Å². The summed E-state index contributed by atoms with van der Waals surface area (Å²) in [6.07, 6.45) is 0.186. The van der Waals surface area contributed by atoms with E-state index in [9.17, 15) is 14.0 Å². The number of nitrogens with two attached hydrogens (primary N) is 1. The number of primary amides is 1. The van der Waals surface area contributed by atoms with Crippen LogP contribution < -0.4 is 15.4 Å². The molecule has 5 nitrogen and oxygen atoms in total. The van der Waals surface area contributed by atoms with Gasteiger partial charge in [-0.1, -0.05) is 12.1 Å². The summed E-state index contributed by atoms with van der Waals surface area (Å²) in [6, 6.07) is 12.7. The molecule has 0 aromatic heterocycles. The van der Waals surface area contributed by atoms with Gasteiger partial charge in [0.2, 0.25) is 11.8 Å². The van der Waals surface area contributed by atoms with Crippen molar-refractivity contribution in [2.75, 3.05) is 18.6 Å². The highest BCUT2D eigenvalue weighted by Crippen LogP contribution is 2.18. The van der Waals surface area contributed by atoms with Gasteiger partial charge in [0, 0.05) is 18.7 Å². The normalized spacial score (nSPS) is 10.2. The summed E-state index contributed by atoms with van der Waals surface area (Å²) in [5.41, 5.74) is 6.51. The van der Waals surface area contributed by atoms with Gasteiger partial charge in [-0.3, -0.25) is 9.59 Å². The Labute approximate surface area is 139 Å². The van der Waals surface area contributed by atoms with Gasteiger partial charge in [-0.25, -0.2) is 4.39 Å². The molecule has 2 aromatic rings. The number of carbonyl (C=O) groups is 2. The number of ether oxygens (including phenoxy) is 1. The molecule has 0 saturated heterocycles. The lowest BCUT2D eigenvalue weighted by molar-refractivity contribution is -0.118. The maximum Gasteiger partial charge on any atom is 0.231 e. The van der Waals surface area contributed by atoms with E-state index in [-0.39, 0.29) is 25.3 Å². The largest absolute Gasteiger partial charge is 0.497 e. The second kappa shape index (κ2) is 8.10. The summed E-state index contributed by atoms with van der Waals surface area (Å²) in [7, 11) is 1.57. The van der Waals surface area contributed by atoms with E-state index in [1.165, 1.54) is 29.2 Å². The number of halogens is 1. The van der Waals surface area contributed by atoms with Crippen molar-refractivity contribution in [2.24, 2.45) is 5.73 Å². The number of methoxy groups -OCH3 is 1. The summed E-state index contributed by atoms with van der Waals surface area (Å²) < 4.78 is 18.2. The van der Waals surface area contributed by atoms with E-state index in [0.29, 0.717) is 11.4 Å². The fourth-order valence-electron chi connectivity index (χ4n) is 2.25. The second-order valence-corrected chi connectivity index (χ2v) is 5.26. The van der Waals surface area contributed by atoms with Crippen molar-refractivity contribution in [1.82, 2.24) is 0 Å². The molecular formula is C18H19FN2O3. The van der Waals surface area contributed by atoms with Crippen molar-refractivity contribution in [3.05, 3.63) is 59.9 Å². The third kappa shape index (κ3) is 4.81. The van der Waals surface area contributed by atoms with E-state index in [0.717, 1.165) is 5.56 Å². The van der Waals surface area contributed by atoms with Gasteiger partial charge in [0.1, 0.15) is 11.6 Å². The Morgan fingerprint density at radius 2 is 1.71 bits per heavy atom. The van der Waals surface area contributed by atoms with E-state index in [4.69, 9.17) is 10.5 Å². The van der Waals surface area contributed by atoms with Crippen molar-refractivity contribution in [3.8, 4) is 5.75 Å². The van der Waals surface area contributed by atoms with E-state index in [1.54, 1.807) is 31.4 Å². The van der Waals surface area contributed by atoms with E-state index in [1.807, 2.05) is 0 Å². The molecule has 6 heteroatoms. The first kappa shape index (κ1) is 17.5. The molecule has 2 N–H and O–H groups in total. The molecule has 0 aliphatic carbocycles. The Morgan fingerprint density at radius 1 is 1.08 bits per heavy atom. The van der Waals surface area contributed by atoms with Crippen LogP contribution in [0.25, 0.3) is 0 Å². The topological polar surface area (TPSA) is 72.6 Å². The molecule has 2 rings (SSSR count). The van der Waals surface area contributed by atoms with Gasteiger partial charge in [-0.05, 0) is 42.0 Å². The Bertz CT molecular complexity index is 699. The molecule has 0 heterocycles. The molecule has 0 atom stereocenters. The third-order valence-corrected chi connectivity index (χ3v) is 3.54. The SMILES string of the molecule is COc1ccc(CC(=O)N(CCC(N)=O)c2ccc(F)cc2)cc1. The summed E-state index contributed by atoms with van der Waals surface area (Å²) >= 11 is 0. The highest BCUT2D eigenvalue weighted by molar-refractivity contribution is 5.95. The minimum absolute atomic E-state index is 0.0335. The molecule has 24 heavy (non-hydrogen) atoms. The van der Waals surface area contributed by atoms with Crippen molar-refractivity contribution in [3.63, 3.8) is 0 Å². The highest BCUT2D eigenvalue weighted by Gasteiger charge is 2.17. The number of hydrogen-bond acceptors (Lipinski definition) is 3. The molecule has 0 saturated carbocycles. The molecule has 0 fully saturated rings. The smallest absolute Gasteiger partial charge is 0.231 e. The Kier molecular flexibility index (Phi) is 5.89. The van der Waals surface area contributed by atoms with Crippen molar-refractivity contribution in [1.29, 1.82) is 0 Å². The lowest BCUT2D eigenvalue weighted by Gasteiger charge is -2.22. The quantitative estimate of drug-likeness (QED) is 0.846. The third-order valence-electron chi connectivity index (χ3n) is 3.54. The number of amides is 2. The standard InChI is InChI=1S/C18H19FN2O3/c1-24-16-8-2-13(3-9-16)12-18(23)21(11-10-17(20)22)15-6-4-14(19)5-7-15/h2-9H,10-12H2,1H3,(H2,20,22). The first-order chi connectivity index (χ1) is 11.5. The van der Waals surface area contributed by atoms with Crippen LogP contribution in [0.1, 0.15) is 12.0 Å². The summed E-state index contributed by atoms with van der Waals surface area (Å²) in [6.45, 7) is 0.149. The van der Waals surface area contributed by atoms with Crippen molar-refractivity contribution < 1.29 is 18.7 Å². The zero-order chi connectivity index (χ0) is 17.5. The van der Waals surface area contributed by atoms with Crippen LogP contribution in [0, 0.1) is 5.82 Å². The minimum Gasteiger partial charge on any atom is -0.497 e. The van der Waals surface area contributed by atoms with Crippen LogP contribution >= 0.6 is 0 Å². The first-order valence-electron chi connectivity index (χ1n) is 7.47. The van der Waals surface area contributed by atoms with Crippen LogP contribution in [0.2, 0.25) is 0 Å². The van der Waals surface area contributed by atoms with Gasteiger partial charge in [-0.15, -0.1) is 0 Å². The van der Waals surface area contributed by atoms with E-state index >= 15 is 0 Å². The maximum absolute atomic E-state index is 13.1. The fraction of sp³-hybridized carbons (Fsp3) is 0.222. The molecule has 0 aliphatic heterocycles. The van der Waals surface area contributed by atoms with Crippen LogP contribution in [-0.2, 0) is 16.0 Å². The highest BCUT2D eigenvalue weighted by atomic mass is 19.1. The van der Waals surface area contributed by atoms with Crippen LogP contribution in [0.15, 0.2) is 48.5 Å². The number of carbonyl (C=O) groups excluding carboxylic acids is 2. The fourth-order valence-corrected chi connectivity index (χ4v) is 2.25. The Balaban J connectivity index is 2.16. The molecule has 2 amide bonds. The molecule has 0 unspecified atom stereocenters. The predicted octanol–water partition coefficient (Wildman–Crippen LogP) is 2.29. The maximum atomic E-state index is 13.1. The summed E-state index contributed by atoms with van der Waals surface area (Å²) in [4.78, 5) is 25.1. The number of anilines is 1. The molecule has 0 bridgehead atoms. The number of nitrogens with zero attached hydrogens (tertiary/aromatic N) is 1. The van der Waals surface area contributed by atoms with Gasteiger partial charge >= 0.3 is 0 Å². The number of benzene rings is 2.